The molecule has 0 aromatic carbocycles. The Bertz CT molecular complexity index is 576. The topological polar surface area (TPSA) is 56.7 Å². The molecule has 0 saturated carbocycles. The Balaban J connectivity index is 1.92. The molecule has 3 rings (SSSR count). The van der Waals surface area contributed by atoms with E-state index in [2.05, 4.69) is 14.5 Å². The number of aromatic nitrogens is 3. The zero-order chi connectivity index (χ0) is 12.5. The van der Waals surface area contributed by atoms with Crippen molar-refractivity contribution in [2.24, 2.45) is 0 Å². The van der Waals surface area contributed by atoms with E-state index in [0.717, 1.165) is 18.5 Å². The maximum Gasteiger partial charge on any atom is 0.123 e. The lowest BCUT2D eigenvalue weighted by atomic mass is 10.0. The van der Waals surface area contributed by atoms with Crippen LogP contribution in [0.25, 0.3) is 0 Å². The van der Waals surface area contributed by atoms with Crippen molar-refractivity contribution in [2.45, 2.75) is 32.2 Å². The fraction of sp³-hybridized carbons (Fsp3) is 0.385. The van der Waals surface area contributed by atoms with E-state index >= 15 is 0 Å². The van der Waals surface area contributed by atoms with Crippen LogP contribution in [0.15, 0.2) is 18.5 Å². The number of nitrogen functional groups attached to an aromatic ring is 1. The number of imidazole rings is 1. The van der Waals surface area contributed by atoms with Crippen LogP contribution in [0, 0.1) is 0 Å². The molecule has 0 fully saturated rings. The average Bonchev–Trinajstić information content (AvgIpc) is 2.78. The number of halogens is 1. The maximum atomic E-state index is 6.14. The Kier molecular flexibility index (Phi) is 2.96. The third kappa shape index (κ3) is 2.08. The Hall–Kier alpha value is -1.55. The average molecular weight is 263 g/mol. The first kappa shape index (κ1) is 11.5. The Labute approximate surface area is 111 Å². The summed E-state index contributed by atoms with van der Waals surface area (Å²) in [5, 5.41) is 0.655. The van der Waals surface area contributed by atoms with Gasteiger partial charge in [0, 0.05) is 5.69 Å². The van der Waals surface area contributed by atoms with Crippen LogP contribution >= 0.6 is 11.6 Å². The Morgan fingerprint density at radius 1 is 1.28 bits per heavy atom. The largest absolute Gasteiger partial charge is 0.384 e. The third-order valence-electron chi connectivity index (χ3n) is 3.37. The number of hydrogen-bond acceptors (Lipinski definition) is 3. The van der Waals surface area contributed by atoms with Crippen molar-refractivity contribution in [3.8, 4) is 0 Å². The normalized spacial score (nSPS) is 14.5. The molecular weight excluding hydrogens is 248 g/mol. The van der Waals surface area contributed by atoms with Crippen molar-refractivity contribution in [1.29, 1.82) is 0 Å². The number of hydrogen-bond donors (Lipinski definition) is 1. The number of nitrogens with zero attached hydrogens (tertiary/aromatic N) is 3. The van der Waals surface area contributed by atoms with E-state index in [9.17, 15) is 0 Å². The molecule has 0 aliphatic heterocycles. The summed E-state index contributed by atoms with van der Waals surface area (Å²) in [6, 6.07) is 3.51. The van der Waals surface area contributed by atoms with Crippen LogP contribution in [0.3, 0.4) is 0 Å². The maximum absolute atomic E-state index is 6.14. The number of rotatable bonds is 2. The molecule has 1 aliphatic carbocycles. The van der Waals surface area contributed by atoms with E-state index in [1.807, 2.05) is 6.33 Å². The summed E-state index contributed by atoms with van der Waals surface area (Å²) < 4.78 is 2.14. The van der Waals surface area contributed by atoms with E-state index < -0.39 is 0 Å². The molecule has 0 spiro atoms. The van der Waals surface area contributed by atoms with Crippen LogP contribution in [-0.2, 0) is 19.4 Å². The first-order valence-electron chi connectivity index (χ1n) is 6.18. The number of pyridine rings is 1. The molecule has 0 unspecified atom stereocenters. The summed E-state index contributed by atoms with van der Waals surface area (Å²) in [6.45, 7) is 0.645. The minimum Gasteiger partial charge on any atom is -0.384 e. The van der Waals surface area contributed by atoms with Gasteiger partial charge < -0.3 is 10.3 Å². The summed E-state index contributed by atoms with van der Waals surface area (Å²) in [7, 11) is 0. The molecule has 2 aromatic rings. The standard InChI is InChI=1S/C13H15ClN4/c14-9-5-6-13(15)17-11(9)7-18-8-16-10-3-1-2-4-12(10)18/h5-6,8H,1-4,7H2,(H2,15,17). The molecule has 2 heterocycles. The molecule has 2 N–H and O–H groups in total. The minimum atomic E-state index is 0.503. The number of anilines is 1. The lowest BCUT2D eigenvalue weighted by Crippen LogP contribution is -2.10. The lowest BCUT2D eigenvalue weighted by Gasteiger charge is -2.14. The lowest BCUT2D eigenvalue weighted by molar-refractivity contribution is 0.625. The highest BCUT2D eigenvalue weighted by atomic mass is 35.5. The highest BCUT2D eigenvalue weighted by Crippen LogP contribution is 2.22. The van der Waals surface area contributed by atoms with Gasteiger partial charge in [-0.3, -0.25) is 0 Å². The fourth-order valence-electron chi connectivity index (χ4n) is 2.44. The molecule has 18 heavy (non-hydrogen) atoms. The molecule has 0 saturated heterocycles. The highest BCUT2D eigenvalue weighted by molar-refractivity contribution is 6.31. The van der Waals surface area contributed by atoms with Gasteiger partial charge in [0.25, 0.3) is 0 Å². The minimum absolute atomic E-state index is 0.503. The van der Waals surface area contributed by atoms with Crippen molar-refractivity contribution >= 4 is 17.4 Å². The molecule has 4 nitrogen and oxygen atoms in total. The second kappa shape index (κ2) is 4.61. The SMILES string of the molecule is Nc1ccc(Cl)c(Cn2cnc3c2CCCC3)n1. The highest BCUT2D eigenvalue weighted by Gasteiger charge is 2.16. The first-order chi connectivity index (χ1) is 8.74. The van der Waals surface area contributed by atoms with Gasteiger partial charge in [-0.15, -0.1) is 0 Å². The van der Waals surface area contributed by atoms with Gasteiger partial charge in [0.05, 0.1) is 29.3 Å². The van der Waals surface area contributed by atoms with Crippen LogP contribution in [0.4, 0.5) is 5.82 Å². The molecule has 0 atom stereocenters. The second-order valence-electron chi connectivity index (χ2n) is 4.64. The molecular formula is C13H15ClN4. The molecule has 0 amide bonds. The molecule has 0 bridgehead atoms. The quantitative estimate of drug-likeness (QED) is 0.904. The summed E-state index contributed by atoms with van der Waals surface area (Å²) in [5.41, 5.74) is 9.05. The summed E-state index contributed by atoms with van der Waals surface area (Å²) >= 11 is 6.14. The van der Waals surface area contributed by atoms with Gasteiger partial charge in [0.2, 0.25) is 0 Å². The van der Waals surface area contributed by atoms with Gasteiger partial charge in [-0.2, -0.15) is 0 Å². The predicted molar refractivity (Wildman–Crippen MR) is 71.6 cm³/mol. The van der Waals surface area contributed by atoms with Crippen molar-refractivity contribution in [2.75, 3.05) is 5.73 Å². The third-order valence-corrected chi connectivity index (χ3v) is 3.71. The van der Waals surface area contributed by atoms with Gasteiger partial charge in [0.15, 0.2) is 0 Å². The number of fused-ring (bicyclic) bond motifs is 1. The first-order valence-corrected chi connectivity index (χ1v) is 6.55. The molecule has 5 heteroatoms. The smallest absolute Gasteiger partial charge is 0.123 e. The van der Waals surface area contributed by atoms with Crippen LogP contribution in [0.2, 0.25) is 5.02 Å². The predicted octanol–water partition coefficient (Wildman–Crippen LogP) is 2.44. The van der Waals surface area contributed by atoms with Gasteiger partial charge in [0.1, 0.15) is 5.82 Å². The molecule has 0 radical (unpaired) electrons. The van der Waals surface area contributed by atoms with Crippen LogP contribution in [0.5, 0.6) is 0 Å². The molecule has 94 valence electrons. The van der Waals surface area contributed by atoms with Gasteiger partial charge in [-0.1, -0.05) is 11.6 Å². The van der Waals surface area contributed by atoms with E-state index in [1.54, 1.807) is 12.1 Å². The van der Waals surface area contributed by atoms with Crippen molar-refractivity contribution in [3.05, 3.63) is 40.6 Å². The Morgan fingerprint density at radius 3 is 3.00 bits per heavy atom. The molecule has 1 aliphatic rings. The fourth-order valence-corrected chi connectivity index (χ4v) is 2.61. The van der Waals surface area contributed by atoms with E-state index in [-0.39, 0.29) is 0 Å². The molecule has 2 aromatic heterocycles. The van der Waals surface area contributed by atoms with Crippen molar-refractivity contribution in [1.82, 2.24) is 14.5 Å². The van der Waals surface area contributed by atoms with E-state index in [4.69, 9.17) is 17.3 Å². The van der Waals surface area contributed by atoms with Gasteiger partial charge in [-0.25, -0.2) is 9.97 Å². The second-order valence-corrected chi connectivity index (χ2v) is 5.04. The zero-order valence-electron chi connectivity index (χ0n) is 10.1. The number of aryl methyl sites for hydroxylation is 1. The van der Waals surface area contributed by atoms with Gasteiger partial charge in [-0.05, 0) is 37.8 Å². The summed E-state index contributed by atoms with van der Waals surface area (Å²) in [5.74, 6) is 0.503. The van der Waals surface area contributed by atoms with Crippen LogP contribution in [0.1, 0.15) is 29.9 Å². The number of nitrogens with two attached hydrogens (primary N) is 1. The van der Waals surface area contributed by atoms with Crippen LogP contribution in [-0.4, -0.2) is 14.5 Å². The van der Waals surface area contributed by atoms with Crippen LogP contribution < -0.4 is 5.73 Å². The van der Waals surface area contributed by atoms with E-state index in [1.165, 1.54) is 24.2 Å². The van der Waals surface area contributed by atoms with Gasteiger partial charge >= 0.3 is 0 Å². The summed E-state index contributed by atoms with van der Waals surface area (Å²) in [4.78, 5) is 8.76. The Morgan fingerprint density at radius 2 is 2.11 bits per heavy atom. The van der Waals surface area contributed by atoms with Crippen molar-refractivity contribution in [3.63, 3.8) is 0 Å². The van der Waals surface area contributed by atoms with Crippen molar-refractivity contribution < 1.29 is 0 Å². The summed E-state index contributed by atoms with van der Waals surface area (Å²) in [6.07, 6.45) is 6.53. The monoisotopic (exact) mass is 262 g/mol. The zero-order valence-corrected chi connectivity index (χ0v) is 10.8. The van der Waals surface area contributed by atoms with E-state index in [0.29, 0.717) is 17.4 Å².